The molecule has 1 saturated heterocycles. The summed E-state index contributed by atoms with van der Waals surface area (Å²) >= 11 is 1.96. The minimum atomic E-state index is -0.0440. The van der Waals surface area contributed by atoms with Gasteiger partial charge in [0.25, 0.3) is 5.91 Å². The number of nitrogens with one attached hydrogen (secondary N) is 1. The number of carbonyl (C=O) groups excluding carboxylic acids is 1. The zero-order chi connectivity index (χ0) is 12.3. The summed E-state index contributed by atoms with van der Waals surface area (Å²) in [6, 6.07) is 5.55. The Morgan fingerprint density at radius 3 is 3.06 bits per heavy atom. The van der Waals surface area contributed by atoms with E-state index in [2.05, 4.69) is 5.32 Å². The molecule has 0 bridgehead atoms. The first-order chi connectivity index (χ1) is 8.18. The molecule has 1 aliphatic heterocycles. The number of rotatable bonds is 3. The first kappa shape index (κ1) is 12.3. The number of anilines is 1. The molecule has 3 N–H and O–H groups in total. The number of benzene rings is 1. The Labute approximate surface area is 106 Å². The number of nitrogens with two attached hydrogens (primary N) is 1. The van der Waals surface area contributed by atoms with Crippen molar-refractivity contribution in [1.82, 2.24) is 5.32 Å². The molecule has 4 heteroatoms. The first-order valence-corrected chi connectivity index (χ1v) is 7.05. The lowest BCUT2D eigenvalue weighted by atomic mass is 10.1. The van der Waals surface area contributed by atoms with Crippen molar-refractivity contribution in [2.45, 2.75) is 13.3 Å². The molecule has 0 aliphatic carbocycles. The summed E-state index contributed by atoms with van der Waals surface area (Å²) in [6.07, 6.45) is 1.20. The third-order valence-electron chi connectivity index (χ3n) is 3.11. The largest absolute Gasteiger partial charge is 0.398 e. The molecule has 1 aliphatic rings. The quantitative estimate of drug-likeness (QED) is 0.807. The van der Waals surface area contributed by atoms with Crippen LogP contribution in [0.15, 0.2) is 18.2 Å². The lowest BCUT2D eigenvalue weighted by molar-refractivity contribution is 0.0949. The SMILES string of the molecule is Cc1cccc(N)c1C(=O)NCC1CCSC1. The van der Waals surface area contributed by atoms with Crippen LogP contribution in [-0.4, -0.2) is 24.0 Å². The van der Waals surface area contributed by atoms with Crippen LogP contribution >= 0.6 is 11.8 Å². The predicted molar refractivity (Wildman–Crippen MR) is 73.4 cm³/mol. The Kier molecular flexibility index (Phi) is 3.94. The van der Waals surface area contributed by atoms with Gasteiger partial charge in [0.1, 0.15) is 0 Å². The third-order valence-corrected chi connectivity index (χ3v) is 4.34. The van der Waals surface area contributed by atoms with E-state index in [-0.39, 0.29) is 5.91 Å². The smallest absolute Gasteiger partial charge is 0.253 e. The molecule has 3 nitrogen and oxygen atoms in total. The highest BCUT2D eigenvalue weighted by Gasteiger charge is 2.18. The second kappa shape index (κ2) is 5.45. The van der Waals surface area contributed by atoms with Gasteiger partial charge in [0.15, 0.2) is 0 Å². The van der Waals surface area contributed by atoms with E-state index in [0.29, 0.717) is 17.2 Å². The van der Waals surface area contributed by atoms with Gasteiger partial charge >= 0.3 is 0 Å². The summed E-state index contributed by atoms with van der Waals surface area (Å²) in [5.74, 6) is 2.95. The molecule has 1 fully saturated rings. The van der Waals surface area contributed by atoms with Gasteiger partial charge in [-0.05, 0) is 42.4 Å². The van der Waals surface area contributed by atoms with Crippen LogP contribution in [0.25, 0.3) is 0 Å². The normalized spacial score (nSPS) is 19.2. The second-order valence-electron chi connectivity index (χ2n) is 4.48. The van der Waals surface area contributed by atoms with Crippen LogP contribution < -0.4 is 11.1 Å². The Morgan fingerprint density at radius 1 is 1.59 bits per heavy atom. The molecule has 92 valence electrons. The molecule has 0 spiro atoms. The molecule has 17 heavy (non-hydrogen) atoms. The zero-order valence-electron chi connectivity index (χ0n) is 10.0. The maximum atomic E-state index is 12.0. The fourth-order valence-corrected chi connectivity index (χ4v) is 3.35. The molecule has 0 aromatic heterocycles. The fourth-order valence-electron chi connectivity index (χ4n) is 2.07. The molecule has 1 amide bonds. The number of hydrogen-bond donors (Lipinski definition) is 2. The summed E-state index contributed by atoms with van der Waals surface area (Å²) in [5, 5.41) is 2.99. The van der Waals surface area contributed by atoms with Crippen molar-refractivity contribution in [3.8, 4) is 0 Å². The summed E-state index contributed by atoms with van der Waals surface area (Å²) in [4.78, 5) is 12.0. The third kappa shape index (κ3) is 2.94. The average Bonchev–Trinajstić information content (AvgIpc) is 2.79. The number of hydrogen-bond acceptors (Lipinski definition) is 3. The van der Waals surface area contributed by atoms with E-state index in [0.717, 1.165) is 17.9 Å². The fraction of sp³-hybridized carbons (Fsp3) is 0.462. The lowest BCUT2D eigenvalue weighted by Crippen LogP contribution is -2.30. The lowest BCUT2D eigenvalue weighted by Gasteiger charge is -2.12. The van der Waals surface area contributed by atoms with Crippen LogP contribution in [0.4, 0.5) is 5.69 Å². The van der Waals surface area contributed by atoms with Gasteiger partial charge in [-0.3, -0.25) is 4.79 Å². The molecule has 0 radical (unpaired) electrons. The zero-order valence-corrected chi connectivity index (χ0v) is 10.8. The van der Waals surface area contributed by atoms with Crippen LogP contribution in [0.1, 0.15) is 22.3 Å². The highest BCUT2D eigenvalue weighted by Crippen LogP contribution is 2.23. The molecule has 0 saturated carbocycles. The van der Waals surface area contributed by atoms with Gasteiger partial charge in [0.05, 0.1) is 5.56 Å². The topological polar surface area (TPSA) is 55.1 Å². The molecular formula is C13H18N2OS. The van der Waals surface area contributed by atoms with Crippen molar-refractivity contribution in [3.05, 3.63) is 29.3 Å². The van der Waals surface area contributed by atoms with Gasteiger partial charge in [-0.1, -0.05) is 12.1 Å². The highest BCUT2D eigenvalue weighted by atomic mass is 32.2. The predicted octanol–water partition coefficient (Wildman–Crippen LogP) is 2.06. The van der Waals surface area contributed by atoms with Crippen molar-refractivity contribution in [2.24, 2.45) is 5.92 Å². The summed E-state index contributed by atoms with van der Waals surface area (Å²) < 4.78 is 0. The maximum absolute atomic E-state index is 12.0. The second-order valence-corrected chi connectivity index (χ2v) is 5.63. The Balaban J connectivity index is 1.99. The van der Waals surface area contributed by atoms with Crippen LogP contribution in [0.5, 0.6) is 0 Å². The summed E-state index contributed by atoms with van der Waals surface area (Å²) in [6.45, 7) is 2.68. The van der Waals surface area contributed by atoms with Crippen LogP contribution in [0.2, 0.25) is 0 Å². The van der Waals surface area contributed by atoms with Gasteiger partial charge in [0.2, 0.25) is 0 Å². The minimum absolute atomic E-state index is 0.0440. The van der Waals surface area contributed by atoms with Crippen molar-refractivity contribution in [3.63, 3.8) is 0 Å². The van der Waals surface area contributed by atoms with Crippen molar-refractivity contribution in [1.29, 1.82) is 0 Å². The van der Waals surface area contributed by atoms with Crippen molar-refractivity contribution < 1.29 is 4.79 Å². The Hall–Kier alpha value is -1.16. The number of carbonyl (C=O) groups is 1. The van der Waals surface area contributed by atoms with E-state index in [4.69, 9.17) is 5.73 Å². The molecule has 1 aromatic rings. The minimum Gasteiger partial charge on any atom is -0.398 e. The van der Waals surface area contributed by atoms with Crippen molar-refractivity contribution >= 4 is 23.4 Å². The van der Waals surface area contributed by atoms with Gasteiger partial charge in [-0.15, -0.1) is 0 Å². The number of amides is 1. The monoisotopic (exact) mass is 250 g/mol. The number of nitrogen functional groups attached to an aromatic ring is 1. The Bertz CT molecular complexity index is 394. The highest BCUT2D eigenvalue weighted by molar-refractivity contribution is 7.99. The molecule has 2 rings (SSSR count). The summed E-state index contributed by atoms with van der Waals surface area (Å²) in [5.41, 5.74) is 7.96. The molecular weight excluding hydrogens is 232 g/mol. The van der Waals surface area contributed by atoms with Crippen LogP contribution in [0.3, 0.4) is 0 Å². The van der Waals surface area contributed by atoms with Crippen molar-refractivity contribution in [2.75, 3.05) is 23.8 Å². The van der Waals surface area contributed by atoms with E-state index in [1.54, 1.807) is 6.07 Å². The van der Waals surface area contributed by atoms with E-state index in [1.807, 2.05) is 30.8 Å². The molecule has 1 heterocycles. The van der Waals surface area contributed by atoms with Crippen LogP contribution in [-0.2, 0) is 0 Å². The standard InChI is InChI=1S/C13H18N2OS/c1-9-3-2-4-11(14)12(9)13(16)15-7-10-5-6-17-8-10/h2-4,10H,5-8,14H2,1H3,(H,15,16). The van der Waals surface area contributed by atoms with Gasteiger partial charge < -0.3 is 11.1 Å². The van der Waals surface area contributed by atoms with Gasteiger partial charge in [-0.25, -0.2) is 0 Å². The first-order valence-electron chi connectivity index (χ1n) is 5.89. The van der Waals surface area contributed by atoms with E-state index in [9.17, 15) is 4.79 Å². The Morgan fingerprint density at radius 2 is 2.41 bits per heavy atom. The van der Waals surface area contributed by atoms with Gasteiger partial charge in [-0.2, -0.15) is 11.8 Å². The van der Waals surface area contributed by atoms with E-state index in [1.165, 1.54) is 12.2 Å². The number of thioether (sulfide) groups is 1. The molecule has 1 atom stereocenters. The number of aryl methyl sites for hydroxylation is 1. The average molecular weight is 250 g/mol. The molecule has 1 aromatic carbocycles. The van der Waals surface area contributed by atoms with Gasteiger partial charge in [0, 0.05) is 12.2 Å². The molecule has 1 unspecified atom stereocenters. The summed E-state index contributed by atoms with van der Waals surface area (Å²) in [7, 11) is 0. The van der Waals surface area contributed by atoms with E-state index < -0.39 is 0 Å². The van der Waals surface area contributed by atoms with Crippen LogP contribution in [0, 0.1) is 12.8 Å². The maximum Gasteiger partial charge on any atom is 0.253 e. The van der Waals surface area contributed by atoms with E-state index >= 15 is 0 Å².